The molecule has 4 nitrogen and oxygen atoms in total. The molecule has 0 radical (unpaired) electrons. The van der Waals surface area contributed by atoms with Crippen molar-refractivity contribution in [3.8, 4) is 0 Å². The summed E-state index contributed by atoms with van der Waals surface area (Å²) in [7, 11) is 1.89. The highest BCUT2D eigenvalue weighted by atomic mass is 16.2. The Labute approximate surface area is 92.4 Å². The van der Waals surface area contributed by atoms with E-state index in [2.05, 4.69) is 36.3 Å². The van der Waals surface area contributed by atoms with Crippen molar-refractivity contribution in [2.45, 2.75) is 38.8 Å². The van der Waals surface area contributed by atoms with Crippen LogP contribution < -0.4 is 10.6 Å². The number of amides is 1. The Morgan fingerprint density at radius 2 is 2.27 bits per heavy atom. The summed E-state index contributed by atoms with van der Waals surface area (Å²) >= 11 is 0. The number of nitrogens with zero attached hydrogens (tertiary/aromatic N) is 1. The molecule has 0 bridgehead atoms. The van der Waals surface area contributed by atoms with Gasteiger partial charge in [0.1, 0.15) is 6.04 Å². The Balaban J connectivity index is 2.88. The van der Waals surface area contributed by atoms with E-state index < -0.39 is 0 Å². The summed E-state index contributed by atoms with van der Waals surface area (Å²) < 4.78 is 0. The molecule has 1 atom stereocenters. The third-order valence-electron chi connectivity index (χ3n) is 3.23. The SMILES string of the molecule is CCN1C(CNC)C(=O)NCCC1(C)C. The van der Waals surface area contributed by atoms with Gasteiger partial charge in [-0.1, -0.05) is 6.92 Å². The van der Waals surface area contributed by atoms with Crippen LogP contribution in [0.3, 0.4) is 0 Å². The maximum Gasteiger partial charge on any atom is 0.238 e. The van der Waals surface area contributed by atoms with Crippen LogP contribution in [0.15, 0.2) is 0 Å². The van der Waals surface area contributed by atoms with Crippen LogP contribution >= 0.6 is 0 Å². The summed E-state index contributed by atoms with van der Waals surface area (Å²) in [4.78, 5) is 14.2. The van der Waals surface area contributed by atoms with Gasteiger partial charge in [0.05, 0.1) is 0 Å². The van der Waals surface area contributed by atoms with Gasteiger partial charge in [0.2, 0.25) is 5.91 Å². The van der Waals surface area contributed by atoms with Gasteiger partial charge in [0.15, 0.2) is 0 Å². The molecule has 0 aromatic carbocycles. The molecule has 1 aliphatic rings. The van der Waals surface area contributed by atoms with E-state index in [0.717, 1.165) is 19.5 Å². The zero-order valence-electron chi connectivity index (χ0n) is 10.3. The first-order valence-electron chi connectivity index (χ1n) is 5.72. The average molecular weight is 213 g/mol. The molecule has 1 amide bonds. The van der Waals surface area contributed by atoms with E-state index in [9.17, 15) is 4.79 Å². The second kappa shape index (κ2) is 4.94. The highest BCUT2D eigenvalue weighted by molar-refractivity contribution is 5.82. The first-order chi connectivity index (χ1) is 7.03. The predicted molar refractivity (Wildman–Crippen MR) is 61.8 cm³/mol. The van der Waals surface area contributed by atoms with Crippen LogP contribution in [0.1, 0.15) is 27.2 Å². The number of carbonyl (C=O) groups excluding carboxylic acids is 1. The Morgan fingerprint density at radius 1 is 1.60 bits per heavy atom. The highest BCUT2D eigenvalue weighted by Gasteiger charge is 2.37. The van der Waals surface area contributed by atoms with Crippen LogP contribution in [0.2, 0.25) is 0 Å². The topological polar surface area (TPSA) is 44.4 Å². The van der Waals surface area contributed by atoms with Gasteiger partial charge in [0.25, 0.3) is 0 Å². The molecule has 1 saturated heterocycles. The van der Waals surface area contributed by atoms with Crippen molar-refractivity contribution in [1.29, 1.82) is 0 Å². The van der Waals surface area contributed by atoms with E-state index in [0.29, 0.717) is 6.54 Å². The van der Waals surface area contributed by atoms with Gasteiger partial charge in [-0.05, 0) is 33.9 Å². The van der Waals surface area contributed by atoms with Gasteiger partial charge in [0, 0.05) is 18.6 Å². The lowest BCUT2D eigenvalue weighted by Gasteiger charge is -2.40. The number of nitrogens with one attached hydrogen (secondary N) is 2. The van der Waals surface area contributed by atoms with E-state index in [4.69, 9.17) is 0 Å². The van der Waals surface area contributed by atoms with Crippen molar-refractivity contribution in [2.75, 3.05) is 26.7 Å². The molecular weight excluding hydrogens is 190 g/mol. The van der Waals surface area contributed by atoms with E-state index in [1.165, 1.54) is 0 Å². The summed E-state index contributed by atoms with van der Waals surface area (Å²) in [6.07, 6.45) is 1.01. The van der Waals surface area contributed by atoms with Crippen molar-refractivity contribution < 1.29 is 4.79 Å². The van der Waals surface area contributed by atoms with Crippen molar-refractivity contribution in [3.05, 3.63) is 0 Å². The standard InChI is InChI=1S/C11H23N3O/c1-5-14-9(8-12-4)10(15)13-7-6-11(14,2)3/h9,12H,5-8H2,1-4H3,(H,13,15). The normalized spacial score (nSPS) is 27.2. The third kappa shape index (κ3) is 2.69. The second-order valence-electron chi connectivity index (χ2n) is 4.71. The van der Waals surface area contributed by atoms with Gasteiger partial charge >= 0.3 is 0 Å². The summed E-state index contributed by atoms with van der Waals surface area (Å²) in [5.41, 5.74) is 0.0927. The van der Waals surface area contributed by atoms with E-state index in [1.807, 2.05) is 7.05 Å². The van der Waals surface area contributed by atoms with Gasteiger partial charge in [-0.15, -0.1) is 0 Å². The lowest BCUT2D eigenvalue weighted by Crippen LogP contribution is -2.55. The van der Waals surface area contributed by atoms with Crippen LogP contribution in [-0.2, 0) is 4.79 Å². The maximum atomic E-state index is 11.9. The maximum absolute atomic E-state index is 11.9. The minimum Gasteiger partial charge on any atom is -0.355 e. The summed E-state index contributed by atoms with van der Waals surface area (Å²) in [6, 6.07) is -0.0440. The molecule has 1 rings (SSSR count). The first kappa shape index (κ1) is 12.5. The molecule has 4 heteroatoms. The van der Waals surface area contributed by atoms with Crippen molar-refractivity contribution >= 4 is 5.91 Å². The molecule has 0 spiro atoms. The molecule has 15 heavy (non-hydrogen) atoms. The van der Waals surface area contributed by atoms with Crippen molar-refractivity contribution in [3.63, 3.8) is 0 Å². The van der Waals surface area contributed by atoms with Gasteiger partial charge < -0.3 is 10.6 Å². The molecule has 0 aliphatic carbocycles. The number of carbonyl (C=O) groups is 1. The minimum atomic E-state index is -0.0440. The predicted octanol–water partition coefficient (Wildman–Crippen LogP) is 0.195. The zero-order valence-corrected chi connectivity index (χ0v) is 10.3. The number of likely N-dealkylation sites (N-methyl/N-ethyl adjacent to an activating group) is 2. The van der Waals surface area contributed by atoms with Crippen LogP contribution in [0.25, 0.3) is 0 Å². The molecule has 2 N–H and O–H groups in total. The van der Waals surface area contributed by atoms with E-state index in [-0.39, 0.29) is 17.5 Å². The molecule has 0 saturated carbocycles. The van der Waals surface area contributed by atoms with Crippen molar-refractivity contribution in [2.24, 2.45) is 0 Å². The monoisotopic (exact) mass is 213 g/mol. The van der Waals surface area contributed by atoms with Crippen LogP contribution in [-0.4, -0.2) is 49.1 Å². The lowest BCUT2D eigenvalue weighted by molar-refractivity contribution is -0.126. The lowest BCUT2D eigenvalue weighted by atomic mass is 9.97. The minimum absolute atomic E-state index is 0.0440. The third-order valence-corrected chi connectivity index (χ3v) is 3.23. The molecule has 1 heterocycles. The van der Waals surface area contributed by atoms with Gasteiger partial charge in [-0.3, -0.25) is 9.69 Å². The summed E-state index contributed by atoms with van der Waals surface area (Å²) in [6.45, 7) is 8.93. The highest BCUT2D eigenvalue weighted by Crippen LogP contribution is 2.23. The summed E-state index contributed by atoms with van der Waals surface area (Å²) in [5.74, 6) is 0.150. The van der Waals surface area contributed by atoms with Crippen LogP contribution in [0.4, 0.5) is 0 Å². The quantitative estimate of drug-likeness (QED) is 0.703. The van der Waals surface area contributed by atoms with Crippen molar-refractivity contribution in [1.82, 2.24) is 15.5 Å². The Kier molecular flexibility index (Phi) is 4.11. The molecule has 1 unspecified atom stereocenters. The van der Waals surface area contributed by atoms with E-state index in [1.54, 1.807) is 0 Å². The molecule has 0 aromatic rings. The Bertz CT molecular complexity index is 228. The molecule has 88 valence electrons. The molecule has 0 aromatic heterocycles. The van der Waals surface area contributed by atoms with Gasteiger partial charge in [-0.2, -0.15) is 0 Å². The fourth-order valence-corrected chi connectivity index (χ4v) is 2.36. The Morgan fingerprint density at radius 3 is 2.80 bits per heavy atom. The van der Waals surface area contributed by atoms with Crippen LogP contribution in [0.5, 0.6) is 0 Å². The average Bonchev–Trinajstić information content (AvgIpc) is 2.25. The Hall–Kier alpha value is -0.610. The largest absolute Gasteiger partial charge is 0.355 e. The fourth-order valence-electron chi connectivity index (χ4n) is 2.36. The number of hydrogen-bond acceptors (Lipinski definition) is 3. The molecule has 1 aliphatic heterocycles. The van der Waals surface area contributed by atoms with E-state index >= 15 is 0 Å². The number of hydrogen-bond donors (Lipinski definition) is 2. The first-order valence-corrected chi connectivity index (χ1v) is 5.72. The number of rotatable bonds is 3. The van der Waals surface area contributed by atoms with Gasteiger partial charge in [-0.25, -0.2) is 0 Å². The van der Waals surface area contributed by atoms with Crippen LogP contribution in [0, 0.1) is 0 Å². The zero-order chi connectivity index (χ0) is 11.5. The molecule has 1 fully saturated rings. The second-order valence-corrected chi connectivity index (χ2v) is 4.71. The summed E-state index contributed by atoms with van der Waals surface area (Å²) in [5, 5.41) is 6.07. The smallest absolute Gasteiger partial charge is 0.238 e. The molecular formula is C11H23N3O. The fraction of sp³-hybridized carbons (Fsp3) is 0.909.